The summed E-state index contributed by atoms with van der Waals surface area (Å²) in [5.41, 5.74) is 3.54. The van der Waals surface area contributed by atoms with E-state index < -0.39 is 0 Å². The maximum atomic E-state index is 13.3. The normalized spacial score (nSPS) is 11.0. The second-order valence-electron chi connectivity index (χ2n) is 6.60. The second kappa shape index (κ2) is 9.06. The highest BCUT2D eigenvalue weighted by Crippen LogP contribution is 2.24. The van der Waals surface area contributed by atoms with Crippen molar-refractivity contribution >= 4 is 28.6 Å². The van der Waals surface area contributed by atoms with Crippen molar-refractivity contribution < 1.29 is 9.53 Å². The van der Waals surface area contributed by atoms with Gasteiger partial charge in [0.1, 0.15) is 0 Å². The highest BCUT2D eigenvalue weighted by molar-refractivity contribution is 7.99. The van der Waals surface area contributed by atoms with Crippen molar-refractivity contribution in [3.63, 3.8) is 0 Å². The molecule has 5 nitrogen and oxygen atoms in total. The molecular formula is C22H24N2O3S. The summed E-state index contributed by atoms with van der Waals surface area (Å²) in [6, 6.07) is 13.5. The van der Waals surface area contributed by atoms with Gasteiger partial charge in [0, 0.05) is 12.2 Å². The smallest absolute Gasteiger partial charge is 0.305 e. The number of hydrogen-bond acceptors (Lipinski definition) is 5. The van der Waals surface area contributed by atoms with Crippen molar-refractivity contribution in [1.29, 1.82) is 0 Å². The summed E-state index contributed by atoms with van der Waals surface area (Å²) in [7, 11) is 0. The molecule has 1 heterocycles. The second-order valence-corrected chi connectivity index (χ2v) is 7.66. The van der Waals surface area contributed by atoms with Crippen LogP contribution in [0.15, 0.2) is 52.4 Å². The van der Waals surface area contributed by atoms with Gasteiger partial charge in [0.15, 0.2) is 5.16 Å². The van der Waals surface area contributed by atoms with E-state index in [0.717, 1.165) is 16.8 Å². The van der Waals surface area contributed by atoms with Crippen molar-refractivity contribution in [2.75, 3.05) is 12.4 Å². The third kappa shape index (κ3) is 4.44. The first-order valence-electron chi connectivity index (χ1n) is 9.39. The largest absolute Gasteiger partial charge is 0.466 e. The minimum Gasteiger partial charge on any atom is -0.466 e. The molecule has 0 radical (unpaired) electrons. The van der Waals surface area contributed by atoms with Crippen molar-refractivity contribution in [2.24, 2.45) is 0 Å². The van der Waals surface area contributed by atoms with E-state index in [1.165, 1.54) is 11.8 Å². The number of ether oxygens (including phenoxy) is 1. The number of aryl methyl sites for hydroxylation is 2. The third-order valence-corrected chi connectivity index (χ3v) is 5.44. The van der Waals surface area contributed by atoms with Crippen LogP contribution in [-0.2, 0) is 9.53 Å². The van der Waals surface area contributed by atoms with E-state index in [1.807, 2.05) is 56.3 Å². The first kappa shape index (κ1) is 20.1. The molecule has 0 atom stereocenters. The number of esters is 1. The van der Waals surface area contributed by atoms with Gasteiger partial charge in [0.25, 0.3) is 5.56 Å². The topological polar surface area (TPSA) is 61.2 Å². The van der Waals surface area contributed by atoms with Crippen LogP contribution in [0.1, 0.15) is 30.9 Å². The first-order valence-corrected chi connectivity index (χ1v) is 10.4. The Kier molecular flexibility index (Phi) is 6.52. The molecular weight excluding hydrogens is 372 g/mol. The molecule has 0 aliphatic carbocycles. The lowest BCUT2D eigenvalue weighted by Crippen LogP contribution is -2.22. The predicted molar refractivity (Wildman–Crippen MR) is 113 cm³/mol. The van der Waals surface area contributed by atoms with Crippen LogP contribution in [-0.4, -0.2) is 27.9 Å². The summed E-state index contributed by atoms with van der Waals surface area (Å²) in [6.45, 7) is 6.19. The molecule has 0 amide bonds. The molecule has 3 rings (SSSR count). The van der Waals surface area contributed by atoms with E-state index in [-0.39, 0.29) is 11.5 Å². The molecule has 0 saturated carbocycles. The Morgan fingerprint density at radius 2 is 1.96 bits per heavy atom. The number of rotatable bonds is 7. The maximum Gasteiger partial charge on any atom is 0.305 e. The SMILES string of the molecule is CCOC(=O)CCCSc1nc2ccccc2c(=O)n1-c1cc(C)ccc1C. The monoisotopic (exact) mass is 396 g/mol. The quantitative estimate of drug-likeness (QED) is 0.256. The van der Waals surface area contributed by atoms with Gasteiger partial charge in [-0.1, -0.05) is 36.0 Å². The highest BCUT2D eigenvalue weighted by atomic mass is 32.2. The number of carbonyl (C=O) groups is 1. The summed E-state index contributed by atoms with van der Waals surface area (Å²) >= 11 is 1.49. The van der Waals surface area contributed by atoms with Gasteiger partial charge in [0.05, 0.1) is 23.2 Å². The van der Waals surface area contributed by atoms with Crippen LogP contribution < -0.4 is 5.56 Å². The predicted octanol–water partition coefficient (Wildman–Crippen LogP) is 4.44. The Balaban J connectivity index is 1.99. The molecule has 0 fully saturated rings. The average molecular weight is 397 g/mol. The van der Waals surface area contributed by atoms with E-state index in [0.29, 0.717) is 41.3 Å². The molecule has 6 heteroatoms. The fourth-order valence-electron chi connectivity index (χ4n) is 3.00. The maximum absolute atomic E-state index is 13.3. The van der Waals surface area contributed by atoms with Crippen LogP contribution in [0.5, 0.6) is 0 Å². The summed E-state index contributed by atoms with van der Waals surface area (Å²) < 4.78 is 6.67. The minimum atomic E-state index is -0.193. The van der Waals surface area contributed by atoms with Crippen LogP contribution in [0, 0.1) is 13.8 Å². The Labute approximate surface area is 168 Å². The van der Waals surface area contributed by atoms with Gasteiger partial charge >= 0.3 is 5.97 Å². The van der Waals surface area contributed by atoms with E-state index in [9.17, 15) is 9.59 Å². The van der Waals surface area contributed by atoms with Gasteiger partial charge in [-0.3, -0.25) is 14.2 Å². The van der Waals surface area contributed by atoms with Crippen molar-refractivity contribution in [2.45, 2.75) is 38.8 Å². The third-order valence-electron chi connectivity index (χ3n) is 4.41. The van der Waals surface area contributed by atoms with Gasteiger partial charge in [-0.25, -0.2) is 4.98 Å². The molecule has 3 aromatic rings. The van der Waals surface area contributed by atoms with Crippen molar-refractivity contribution in [1.82, 2.24) is 9.55 Å². The number of fused-ring (bicyclic) bond motifs is 1. The van der Waals surface area contributed by atoms with Gasteiger partial charge < -0.3 is 4.74 Å². The van der Waals surface area contributed by atoms with Crippen LogP contribution in [0.4, 0.5) is 0 Å². The summed E-state index contributed by atoms with van der Waals surface area (Å²) in [6.07, 6.45) is 1.03. The lowest BCUT2D eigenvalue weighted by atomic mass is 10.1. The van der Waals surface area contributed by atoms with Crippen LogP contribution >= 0.6 is 11.8 Å². The molecule has 0 unspecified atom stereocenters. The number of nitrogens with zero attached hydrogens (tertiary/aromatic N) is 2. The summed E-state index contributed by atoms with van der Waals surface area (Å²) in [5.74, 6) is 0.482. The number of aromatic nitrogens is 2. The average Bonchev–Trinajstić information content (AvgIpc) is 2.68. The molecule has 0 aliphatic heterocycles. The van der Waals surface area contributed by atoms with E-state index in [2.05, 4.69) is 0 Å². The first-order chi connectivity index (χ1) is 13.5. The molecule has 1 aromatic heterocycles. The molecule has 0 spiro atoms. The van der Waals surface area contributed by atoms with E-state index in [1.54, 1.807) is 11.5 Å². The molecule has 0 aliphatic rings. The van der Waals surface area contributed by atoms with Crippen molar-refractivity contribution in [3.05, 3.63) is 63.9 Å². The number of hydrogen-bond donors (Lipinski definition) is 0. The zero-order valence-corrected chi connectivity index (χ0v) is 17.2. The van der Waals surface area contributed by atoms with Crippen LogP contribution in [0.2, 0.25) is 0 Å². The fraction of sp³-hybridized carbons (Fsp3) is 0.318. The van der Waals surface area contributed by atoms with Gasteiger partial charge in [-0.2, -0.15) is 0 Å². The number of thioether (sulfide) groups is 1. The molecule has 0 bridgehead atoms. The minimum absolute atomic E-state index is 0.0767. The van der Waals surface area contributed by atoms with Crippen LogP contribution in [0.3, 0.4) is 0 Å². The fourth-order valence-corrected chi connectivity index (χ4v) is 3.94. The van der Waals surface area contributed by atoms with E-state index in [4.69, 9.17) is 9.72 Å². The Morgan fingerprint density at radius 1 is 1.18 bits per heavy atom. The Bertz CT molecular complexity index is 1060. The molecule has 0 saturated heterocycles. The van der Waals surface area contributed by atoms with E-state index >= 15 is 0 Å². The Hall–Kier alpha value is -2.60. The molecule has 2 aromatic carbocycles. The summed E-state index contributed by atoms with van der Waals surface area (Å²) in [5, 5.41) is 1.24. The van der Waals surface area contributed by atoms with Gasteiger partial charge in [-0.05, 0) is 56.5 Å². The van der Waals surface area contributed by atoms with Crippen molar-refractivity contribution in [3.8, 4) is 5.69 Å². The Morgan fingerprint density at radius 3 is 2.75 bits per heavy atom. The molecule has 28 heavy (non-hydrogen) atoms. The van der Waals surface area contributed by atoms with Gasteiger partial charge in [0.2, 0.25) is 0 Å². The standard InChI is InChI=1S/C22H24N2O3S/c1-4-27-20(25)10-7-13-28-22-23-18-9-6-5-8-17(18)21(26)24(22)19-14-15(2)11-12-16(19)3/h5-6,8-9,11-12,14H,4,7,10,13H2,1-3H3. The zero-order chi connectivity index (χ0) is 20.1. The summed E-state index contributed by atoms with van der Waals surface area (Å²) in [4.78, 5) is 29.6. The molecule has 0 N–H and O–H groups in total. The van der Waals surface area contributed by atoms with Crippen LogP contribution in [0.25, 0.3) is 16.6 Å². The van der Waals surface area contributed by atoms with Gasteiger partial charge in [-0.15, -0.1) is 0 Å². The molecule has 146 valence electrons. The lowest BCUT2D eigenvalue weighted by Gasteiger charge is -2.15. The zero-order valence-electron chi connectivity index (χ0n) is 16.4. The number of para-hydroxylation sites is 1. The number of benzene rings is 2. The highest BCUT2D eigenvalue weighted by Gasteiger charge is 2.15. The number of carbonyl (C=O) groups excluding carboxylic acids is 1. The lowest BCUT2D eigenvalue weighted by molar-refractivity contribution is -0.143.